The first-order valence-corrected chi connectivity index (χ1v) is 13.0. The number of ether oxygens (including phenoxy) is 2. The van der Waals surface area contributed by atoms with Gasteiger partial charge in [0.25, 0.3) is 5.69 Å². The standard InChI is InChI=1S/C27H24N4O8S/c1-3-38-27(35)22-19-8-6-10-21(19)40-25(22)28-23(32)24(33)30-29-15(2)16-11-13-17(14-12-16)39-26(34)18-7-4-5-9-20(18)31(36)37/h4-5,7,9,11-14H,3,6,8,10H2,1-2H3,(H,28,32)(H,30,33). The molecule has 0 radical (unpaired) electrons. The molecule has 1 aliphatic carbocycles. The SMILES string of the molecule is CCOC(=O)c1c(NC(=O)C(=O)NN=C(C)c2ccc(OC(=O)c3ccccc3[N+](=O)[O-])cc2)sc2c1CCC2. The maximum absolute atomic E-state index is 12.5. The summed E-state index contributed by atoms with van der Waals surface area (Å²) in [6.07, 6.45) is 2.41. The molecule has 0 saturated carbocycles. The summed E-state index contributed by atoms with van der Waals surface area (Å²) in [4.78, 5) is 61.3. The number of thiophene rings is 1. The number of carbonyl (C=O) groups excluding carboxylic acids is 4. The second-order valence-corrected chi connectivity index (χ2v) is 9.67. The van der Waals surface area contributed by atoms with E-state index in [4.69, 9.17) is 9.47 Å². The van der Waals surface area contributed by atoms with E-state index in [9.17, 15) is 29.3 Å². The van der Waals surface area contributed by atoms with E-state index < -0.39 is 28.7 Å². The number of hydrogen-bond acceptors (Lipinski definition) is 10. The van der Waals surface area contributed by atoms with Crippen LogP contribution in [0.2, 0.25) is 0 Å². The van der Waals surface area contributed by atoms with Crippen molar-refractivity contribution in [3.05, 3.63) is 85.8 Å². The zero-order chi connectivity index (χ0) is 28.8. The molecule has 1 aliphatic rings. The molecule has 40 heavy (non-hydrogen) atoms. The van der Waals surface area contributed by atoms with E-state index in [1.54, 1.807) is 26.0 Å². The van der Waals surface area contributed by atoms with Gasteiger partial charge in [-0.15, -0.1) is 11.3 Å². The number of benzene rings is 2. The van der Waals surface area contributed by atoms with Crippen LogP contribution in [0.15, 0.2) is 53.6 Å². The first kappa shape index (κ1) is 28.1. The molecule has 1 heterocycles. The van der Waals surface area contributed by atoms with Crippen LogP contribution >= 0.6 is 11.3 Å². The van der Waals surface area contributed by atoms with Gasteiger partial charge in [-0.05, 0) is 74.6 Å². The first-order valence-electron chi connectivity index (χ1n) is 12.2. The van der Waals surface area contributed by atoms with Crippen LogP contribution in [0.3, 0.4) is 0 Å². The molecule has 4 rings (SSSR count). The van der Waals surface area contributed by atoms with Crippen LogP contribution in [0.1, 0.15) is 57.0 Å². The topological polar surface area (TPSA) is 166 Å². The normalized spacial score (nSPS) is 12.3. The van der Waals surface area contributed by atoms with Crippen molar-refractivity contribution < 1.29 is 33.6 Å². The number of para-hydroxylation sites is 1. The van der Waals surface area contributed by atoms with Crippen molar-refractivity contribution in [2.45, 2.75) is 33.1 Å². The van der Waals surface area contributed by atoms with Crippen LogP contribution in [0.4, 0.5) is 10.7 Å². The third kappa shape index (κ3) is 6.21. The molecule has 0 bridgehead atoms. The highest BCUT2D eigenvalue weighted by atomic mass is 32.1. The molecule has 3 aromatic rings. The Labute approximate surface area is 232 Å². The molecule has 0 unspecified atom stereocenters. The van der Waals surface area contributed by atoms with E-state index in [1.807, 2.05) is 0 Å². The van der Waals surface area contributed by atoms with Crippen molar-refractivity contribution in [2.24, 2.45) is 5.10 Å². The molecule has 0 saturated heterocycles. The van der Waals surface area contributed by atoms with E-state index >= 15 is 0 Å². The molecule has 0 atom stereocenters. The number of nitro groups is 1. The molecule has 1 aromatic heterocycles. The van der Waals surface area contributed by atoms with Gasteiger partial charge >= 0.3 is 23.8 Å². The number of nitro benzene ring substituents is 1. The highest BCUT2D eigenvalue weighted by Crippen LogP contribution is 2.39. The van der Waals surface area contributed by atoms with Crippen LogP contribution in [-0.4, -0.2) is 41.0 Å². The molecule has 12 nitrogen and oxygen atoms in total. The summed E-state index contributed by atoms with van der Waals surface area (Å²) >= 11 is 1.26. The molecule has 13 heteroatoms. The van der Waals surface area contributed by atoms with E-state index in [0.29, 0.717) is 23.3 Å². The van der Waals surface area contributed by atoms with Gasteiger partial charge in [-0.1, -0.05) is 12.1 Å². The molecule has 206 valence electrons. The summed E-state index contributed by atoms with van der Waals surface area (Å²) in [6.45, 7) is 3.47. The summed E-state index contributed by atoms with van der Waals surface area (Å²) in [5, 5.41) is 17.9. The number of amides is 2. The molecular weight excluding hydrogens is 540 g/mol. The summed E-state index contributed by atoms with van der Waals surface area (Å²) in [7, 11) is 0. The number of esters is 2. The fourth-order valence-corrected chi connectivity index (χ4v) is 5.33. The molecular formula is C27H24N4O8S. The van der Waals surface area contributed by atoms with Gasteiger partial charge < -0.3 is 14.8 Å². The average Bonchev–Trinajstić information content (AvgIpc) is 3.52. The number of fused-ring (bicyclic) bond motifs is 1. The van der Waals surface area contributed by atoms with Crippen LogP contribution in [0.25, 0.3) is 0 Å². The summed E-state index contributed by atoms with van der Waals surface area (Å²) in [6, 6.07) is 11.5. The van der Waals surface area contributed by atoms with Crippen molar-refractivity contribution in [3.63, 3.8) is 0 Å². The fraction of sp³-hybridized carbons (Fsp3) is 0.222. The number of aryl methyl sites for hydroxylation is 1. The number of rotatable bonds is 8. The zero-order valence-corrected chi connectivity index (χ0v) is 22.3. The lowest BCUT2D eigenvalue weighted by Crippen LogP contribution is -2.33. The monoisotopic (exact) mass is 564 g/mol. The van der Waals surface area contributed by atoms with Crippen molar-refractivity contribution in [3.8, 4) is 5.75 Å². The van der Waals surface area contributed by atoms with Crippen molar-refractivity contribution in [2.75, 3.05) is 11.9 Å². The Morgan fingerprint density at radius 1 is 1.02 bits per heavy atom. The molecule has 2 N–H and O–H groups in total. The van der Waals surface area contributed by atoms with Gasteiger partial charge in [0, 0.05) is 10.9 Å². The zero-order valence-electron chi connectivity index (χ0n) is 21.5. The predicted molar refractivity (Wildman–Crippen MR) is 146 cm³/mol. The Morgan fingerprint density at radius 3 is 2.45 bits per heavy atom. The van der Waals surface area contributed by atoms with Crippen LogP contribution in [0, 0.1) is 10.1 Å². The minimum atomic E-state index is -1.03. The average molecular weight is 565 g/mol. The maximum Gasteiger partial charge on any atom is 0.350 e. The first-order chi connectivity index (χ1) is 19.2. The van der Waals surface area contributed by atoms with E-state index in [2.05, 4.69) is 15.8 Å². The van der Waals surface area contributed by atoms with Gasteiger partial charge in [0.2, 0.25) is 0 Å². The lowest BCUT2D eigenvalue weighted by atomic mass is 10.1. The quantitative estimate of drug-likeness (QED) is 0.103. The van der Waals surface area contributed by atoms with E-state index in [1.165, 1.54) is 47.7 Å². The third-order valence-electron chi connectivity index (χ3n) is 5.96. The summed E-state index contributed by atoms with van der Waals surface area (Å²) in [5.74, 6) is -3.30. The number of nitrogens with one attached hydrogen (secondary N) is 2. The van der Waals surface area contributed by atoms with Crippen LogP contribution in [-0.2, 0) is 27.2 Å². The van der Waals surface area contributed by atoms with Crippen molar-refractivity contribution >= 4 is 51.5 Å². The van der Waals surface area contributed by atoms with Gasteiger partial charge in [0.15, 0.2) is 0 Å². The Morgan fingerprint density at radius 2 is 1.75 bits per heavy atom. The van der Waals surface area contributed by atoms with E-state index in [0.717, 1.165) is 23.3 Å². The molecule has 0 fully saturated rings. The van der Waals surface area contributed by atoms with E-state index in [-0.39, 0.29) is 28.6 Å². The smallest absolute Gasteiger partial charge is 0.350 e. The second kappa shape index (κ2) is 12.3. The Hall–Kier alpha value is -4.91. The van der Waals surface area contributed by atoms with Gasteiger partial charge in [0.05, 0.1) is 22.8 Å². The highest BCUT2D eigenvalue weighted by Gasteiger charge is 2.29. The molecule has 2 amide bonds. The molecule has 0 spiro atoms. The third-order valence-corrected chi connectivity index (χ3v) is 7.17. The van der Waals surface area contributed by atoms with Gasteiger partial charge in [0.1, 0.15) is 16.3 Å². The second-order valence-electron chi connectivity index (χ2n) is 8.56. The number of hydrogen-bond donors (Lipinski definition) is 2. The number of hydrazone groups is 1. The fourth-order valence-electron chi connectivity index (χ4n) is 4.05. The lowest BCUT2D eigenvalue weighted by molar-refractivity contribution is -0.385. The predicted octanol–water partition coefficient (Wildman–Crippen LogP) is 4.02. The minimum Gasteiger partial charge on any atom is -0.462 e. The number of nitrogens with zero attached hydrogens (tertiary/aromatic N) is 2. The Kier molecular flexibility index (Phi) is 8.64. The maximum atomic E-state index is 12.5. The van der Waals surface area contributed by atoms with Crippen molar-refractivity contribution in [1.82, 2.24) is 5.43 Å². The Bertz CT molecular complexity index is 1530. The molecule has 0 aliphatic heterocycles. The van der Waals surface area contributed by atoms with Crippen LogP contribution < -0.4 is 15.5 Å². The summed E-state index contributed by atoms with van der Waals surface area (Å²) < 4.78 is 10.4. The highest BCUT2D eigenvalue weighted by molar-refractivity contribution is 7.17. The van der Waals surface area contributed by atoms with Gasteiger partial charge in [-0.25, -0.2) is 15.0 Å². The number of anilines is 1. The minimum absolute atomic E-state index is 0.142. The Balaban J connectivity index is 1.38. The molecule has 2 aromatic carbocycles. The van der Waals surface area contributed by atoms with Gasteiger partial charge in [-0.3, -0.25) is 19.7 Å². The lowest BCUT2D eigenvalue weighted by Gasteiger charge is -2.08. The summed E-state index contributed by atoms with van der Waals surface area (Å²) in [5.41, 5.74) is 3.67. The number of carbonyl (C=O) groups is 4. The largest absolute Gasteiger partial charge is 0.462 e. The van der Waals surface area contributed by atoms with Crippen LogP contribution in [0.5, 0.6) is 5.75 Å². The van der Waals surface area contributed by atoms with Gasteiger partial charge in [-0.2, -0.15) is 5.10 Å². The van der Waals surface area contributed by atoms with Crippen molar-refractivity contribution in [1.29, 1.82) is 0 Å².